The van der Waals surface area contributed by atoms with E-state index in [1.54, 1.807) is 24.3 Å². The lowest BCUT2D eigenvalue weighted by Crippen LogP contribution is -2.33. The van der Waals surface area contributed by atoms with Gasteiger partial charge in [-0.2, -0.15) is 0 Å². The summed E-state index contributed by atoms with van der Waals surface area (Å²) < 4.78 is 28.4. The Morgan fingerprint density at radius 2 is 1.83 bits per heavy atom. The average molecular weight is 274 g/mol. The number of aliphatic hydroxyl groups excluding tert-OH is 2. The Balaban J connectivity index is 3.00. The fourth-order valence-electron chi connectivity index (χ4n) is 1.64. The maximum atomic E-state index is 11.7. The first kappa shape index (κ1) is 14.9. The van der Waals surface area contributed by atoms with Crippen LogP contribution in [0.2, 0.25) is 0 Å². The molecule has 0 aliphatic heterocycles. The topological polar surface area (TPSA) is 83.8 Å². The molecule has 0 saturated heterocycles. The predicted molar refractivity (Wildman–Crippen MR) is 68.3 cm³/mol. The van der Waals surface area contributed by atoms with Crippen molar-refractivity contribution in [3.05, 3.63) is 29.8 Å². The number of rotatable bonds is 6. The number of hydrogen-bond acceptors (Lipinski definition) is 5. The molecule has 0 aliphatic carbocycles. The van der Waals surface area contributed by atoms with Crippen LogP contribution in [0.3, 0.4) is 0 Å². The molecule has 5 nitrogen and oxygen atoms in total. The Morgan fingerprint density at radius 3 is 2.22 bits per heavy atom. The second-order valence-corrected chi connectivity index (χ2v) is 6.40. The van der Waals surface area contributed by atoms with E-state index in [-0.39, 0.29) is 5.75 Å². The van der Waals surface area contributed by atoms with Crippen LogP contribution in [0.25, 0.3) is 0 Å². The van der Waals surface area contributed by atoms with Crippen LogP contribution < -0.4 is 4.74 Å². The summed E-state index contributed by atoms with van der Waals surface area (Å²) in [5.74, 6) is 0.496. The van der Waals surface area contributed by atoms with Crippen molar-refractivity contribution in [1.29, 1.82) is 0 Å². The van der Waals surface area contributed by atoms with E-state index in [1.807, 2.05) is 0 Å². The fourth-order valence-corrected chi connectivity index (χ4v) is 2.84. The zero-order valence-corrected chi connectivity index (χ0v) is 11.2. The third-order valence-corrected chi connectivity index (χ3v) is 4.99. The SMILES string of the molecule is CCS(=O)(=O)C(CO)C(O)c1ccc(OC)cc1. The Hall–Kier alpha value is -1.11. The van der Waals surface area contributed by atoms with Gasteiger partial charge < -0.3 is 14.9 Å². The number of hydrogen-bond donors (Lipinski definition) is 2. The quantitative estimate of drug-likeness (QED) is 0.790. The second kappa shape index (κ2) is 6.17. The molecule has 1 aromatic rings. The first-order valence-electron chi connectivity index (χ1n) is 5.60. The van der Waals surface area contributed by atoms with Gasteiger partial charge in [-0.15, -0.1) is 0 Å². The highest BCUT2D eigenvalue weighted by atomic mass is 32.2. The van der Waals surface area contributed by atoms with E-state index in [0.717, 1.165) is 0 Å². The summed E-state index contributed by atoms with van der Waals surface area (Å²) in [4.78, 5) is 0. The van der Waals surface area contributed by atoms with Gasteiger partial charge in [-0.25, -0.2) is 8.42 Å². The van der Waals surface area contributed by atoms with Crippen molar-refractivity contribution in [1.82, 2.24) is 0 Å². The van der Waals surface area contributed by atoms with Crippen LogP contribution >= 0.6 is 0 Å². The van der Waals surface area contributed by atoms with E-state index >= 15 is 0 Å². The van der Waals surface area contributed by atoms with E-state index in [0.29, 0.717) is 11.3 Å². The van der Waals surface area contributed by atoms with Gasteiger partial charge in [0.25, 0.3) is 0 Å². The lowest BCUT2D eigenvalue weighted by atomic mass is 10.1. The van der Waals surface area contributed by atoms with Crippen LogP contribution in [0, 0.1) is 0 Å². The minimum Gasteiger partial charge on any atom is -0.497 e. The van der Waals surface area contributed by atoms with Gasteiger partial charge in [-0.3, -0.25) is 0 Å². The number of methoxy groups -OCH3 is 1. The summed E-state index contributed by atoms with van der Waals surface area (Å²) in [6, 6.07) is 6.42. The first-order valence-corrected chi connectivity index (χ1v) is 7.32. The Kier molecular flexibility index (Phi) is 5.13. The summed E-state index contributed by atoms with van der Waals surface area (Å²) >= 11 is 0. The number of benzene rings is 1. The second-order valence-electron chi connectivity index (χ2n) is 3.89. The van der Waals surface area contributed by atoms with Crippen molar-refractivity contribution < 1.29 is 23.4 Å². The van der Waals surface area contributed by atoms with Crippen LogP contribution in [0.4, 0.5) is 0 Å². The molecular formula is C12H18O5S. The van der Waals surface area contributed by atoms with Gasteiger partial charge in [0.1, 0.15) is 11.0 Å². The third kappa shape index (κ3) is 3.22. The normalized spacial score (nSPS) is 15.1. The van der Waals surface area contributed by atoms with Gasteiger partial charge in [0.05, 0.1) is 19.8 Å². The molecule has 0 spiro atoms. The molecule has 1 rings (SSSR count). The minimum atomic E-state index is -3.50. The van der Waals surface area contributed by atoms with Crippen LogP contribution in [-0.2, 0) is 9.84 Å². The summed E-state index contributed by atoms with van der Waals surface area (Å²) in [5.41, 5.74) is 0.437. The molecule has 18 heavy (non-hydrogen) atoms. The lowest BCUT2D eigenvalue weighted by molar-refractivity contribution is 0.138. The Morgan fingerprint density at radius 1 is 1.28 bits per heavy atom. The van der Waals surface area contributed by atoms with E-state index in [1.165, 1.54) is 14.0 Å². The molecule has 0 saturated carbocycles. The van der Waals surface area contributed by atoms with E-state index in [2.05, 4.69) is 0 Å². The first-order chi connectivity index (χ1) is 8.46. The predicted octanol–water partition coefficient (Wildman–Crippen LogP) is 0.524. The summed E-state index contributed by atoms with van der Waals surface area (Å²) in [5, 5.41) is 18.0. The Bertz CT molecular complexity index is 466. The van der Waals surface area contributed by atoms with Crippen LogP contribution in [-0.4, -0.2) is 43.4 Å². The highest BCUT2D eigenvalue weighted by Crippen LogP contribution is 2.24. The van der Waals surface area contributed by atoms with Gasteiger partial charge in [-0.1, -0.05) is 19.1 Å². The molecule has 0 radical (unpaired) electrons. The Labute approximate surface area is 107 Å². The standard InChI is InChI=1S/C12H18O5S/c1-3-18(15,16)11(8-13)12(14)9-4-6-10(17-2)7-5-9/h4-7,11-14H,3,8H2,1-2H3. The molecule has 1 aromatic carbocycles. The molecule has 6 heteroatoms. The largest absolute Gasteiger partial charge is 0.497 e. The monoisotopic (exact) mass is 274 g/mol. The van der Waals surface area contributed by atoms with Crippen LogP contribution in [0.1, 0.15) is 18.6 Å². The van der Waals surface area contributed by atoms with Crippen molar-refractivity contribution in [3.63, 3.8) is 0 Å². The van der Waals surface area contributed by atoms with Crippen LogP contribution in [0.5, 0.6) is 5.75 Å². The summed E-state index contributed by atoms with van der Waals surface area (Å²) in [6.45, 7) is 0.877. The molecule has 2 unspecified atom stereocenters. The van der Waals surface area contributed by atoms with Gasteiger partial charge >= 0.3 is 0 Å². The molecule has 0 aromatic heterocycles. The molecule has 0 amide bonds. The highest BCUT2D eigenvalue weighted by Gasteiger charge is 2.31. The molecule has 2 atom stereocenters. The van der Waals surface area contributed by atoms with Crippen molar-refractivity contribution in [3.8, 4) is 5.75 Å². The minimum absolute atomic E-state index is 0.120. The molecule has 0 heterocycles. The van der Waals surface area contributed by atoms with E-state index in [9.17, 15) is 13.5 Å². The smallest absolute Gasteiger partial charge is 0.158 e. The van der Waals surface area contributed by atoms with Crippen molar-refractivity contribution in [2.24, 2.45) is 0 Å². The lowest BCUT2D eigenvalue weighted by Gasteiger charge is -2.21. The fraction of sp³-hybridized carbons (Fsp3) is 0.500. The molecule has 2 N–H and O–H groups in total. The van der Waals surface area contributed by atoms with Crippen LogP contribution in [0.15, 0.2) is 24.3 Å². The van der Waals surface area contributed by atoms with Gasteiger partial charge in [0.2, 0.25) is 0 Å². The van der Waals surface area contributed by atoms with E-state index < -0.39 is 27.8 Å². The molecule has 0 aliphatic rings. The maximum absolute atomic E-state index is 11.7. The summed E-state index contributed by atoms with van der Waals surface area (Å²) in [7, 11) is -1.99. The number of ether oxygens (including phenoxy) is 1. The number of sulfone groups is 1. The molecule has 0 fully saturated rings. The van der Waals surface area contributed by atoms with Gasteiger partial charge in [0.15, 0.2) is 9.84 Å². The zero-order valence-electron chi connectivity index (χ0n) is 10.4. The molecular weight excluding hydrogens is 256 g/mol. The van der Waals surface area contributed by atoms with Gasteiger partial charge in [-0.05, 0) is 17.7 Å². The number of aliphatic hydroxyl groups is 2. The molecule has 0 bridgehead atoms. The van der Waals surface area contributed by atoms with Crippen molar-refractivity contribution >= 4 is 9.84 Å². The molecule has 102 valence electrons. The highest BCUT2D eigenvalue weighted by molar-refractivity contribution is 7.92. The van der Waals surface area contributed by atoms with Gasteiger partial charge in [0, 0.05) is 5.75 Å². The van der Waals surface area contributed by atoms with Crippen molar-refractivity contribution in [2.45, 2.75) is 18.3 Å². The third-order valence-electron chi connectivity index (χ3n) is 2.85. The van der Waals surface area contributed by atoms with Crippen molar-refractivity contribution in [2.75, 3.05) is 19.5 Å². The van der Waals surface area contributed by atoms with E-state index in [4.69, 9.17) is 9.84 Å². The average Bonchev–Trinajstić information content (AvgIpc) is 2.39. The maximum Gasteiger partial charge on any atom is 0.158 e. The zero-order chi connectivity index (χ0) is 13.8. The summed E-state index contributed by atoms with van der Waals surface area (Å²) in [6.07, 6.45) is -1.24.